The van der Waals surface area contributed by atoms with Crippen LogP contribution in [0, 0.1) is 0 Å². The van der Waals surface area contributed by atoms with Crippen LogP contribution in [-0.4, -0.2) is 33.0 Å². The molecular weight excluding hydrogens is 386 g/mol. The third-order valence-corrected chi connectivity index (χ3v) is 5.17. The number of anilines is 1. The Balaban J connectivity index is 1.81. The molecule has 9 heteroatoms. The molecule has 0 fully saturated rings. The number of amides is 2. The SMILES string of the molecule is CC(NC(=O)CCCNC(=O)c1cccs1)c1ccccc1NS(C)(=O)=O. The second-order valence-corrected chi connectivity index (χ2v) is 8.78. The average Bonchev–Trinajstić information content (AvgIpc) is 3.12. The number of rotatable bonds is 9. The Morgan fingerprint density at radius 1 is 1.15 bits per heavy atom. The number of thiophene rings is 1. The third kappa shape index (κ3) is 7.03. The van der Waals surface area contributed by atoms with Crippen molar-refractivity contribution in [1.29, 1.82) is 0 Å². The van der Waals surface area contributed by atoms with Gasteiger partial charge in [0, 0.05) is 13.0 Å². The van der Waals surface area contributed by atoms with Crippen molar-refractivity contribution < 1.29 is 18.0 Å². The molecule has 0 aliphatic rings. The molecule has 0 aliphatic heterocycles. The number of benzene rings is 1. The largest absolute Gasteiger partial charge is 0.351 e. The molecule has 0 bridgehead atoms. The van der Waals surface area contributed by atoms with Crippen molar-refractivity contribution in [2.24, 2.45) is 0 Å². The Hall–Kier alpha value is -2.39. The first-order valence-electron chi connectivity index (χ1n) is 8.44. The second-order valence-electron chi connectivity index (χ2n) is 6.09. The van der Waals surface area contributed by atoms with Gasteiger partial charge in [-0.15, -0.1) is 11.3 Å². The van der Waals surface area contributed by atoms with Gasteiger partial charge in [0.1, 0.15) is 0 Å². The van der Waals surface area contributed by atoms with Gasteiger partial charge < -0.3 is 10.6 Å². The molecule has 0 saturated heterocycles. The van der Waals surface area contributed by atoms with Gasteiger partial charge >= 0.3 is 0 Å². The summed E-state index contributed by atoms with van der Waals surface area (Å²) in [6.07, 6.45) is 1.85. The van der Waals surface area contributed by atoms with E-state index in [1.807, 2.05) is 11.4 Å². The Kier molecular flexibility index (Phi) is 7.37. The summed E-state index contributed by atoms with van der Waals surface area (Å²) in [7, 11) is -3.41. The quantitative estimate of drug-likeness (QED) is 0.554. The van der Waals surface area contributed by atoms with E-state index in [4.69, 9.17) is 0 Å². The molecule has 27 heavy (non-hydrogen) atoms. The molecule has 2 amide bonds. The fourth-order valence-corrected chi connectivity index (χ4v) is 3.73. The van der Waals surface area contributed by atoms with Crippen LogP contribution in [0.25, 0.3) is 0 Å². The molecule has 2 aromatic rings. The van der Waals surface area contributed by atoms with Crippen LogP contribution in [0.15, 0.2) is 41.8 Å². The zero-order chi connectivity index (χ0) is 19.9. The number of hydrogen-bond donors (Lipinski definition) is 3. The molecule has 146 valence electrons. The highest BCUT2D eigenvalue weighted by molar-refractivity contribution is 7.92. The molecule has 7 nitrogen and oxygen atoms in total. The van der Waals surface area contributed by atoms with Gasteiger partial charge in [0.2, 0.25) is 15.9 Å². The smallest absolute Gasteiger partial charge is 0.261 e. The number of carbonyl (C=O) groups is 2. The predicted molar refractivity (Wildman–Crippen MR) is 107 cm³/mol. The standard InChI is InChI=1S/C18H23N3O4S2/c1-13(14-7-3-4-8-15(14)21-27(2,24)25)20-17(22)10-5-11-19-18(23)16-9-6-12-26-16/h3-4,6-9,12-13,21H,5,10-11H2,1-2H3,(H,19,23)(H,20,22). The van der Waals surface area contributed by atoms with Gasteiger partial charge in [0.25, 0.3) is 5.91 Å². The minimum atomic E-state index is -3.41. The van der Waals surface area contributed by atoms with Crippen LogP contribution < -0.4 is 15.4 Å². The highest BCUT2D eigenvalue weighted by atomic mass is 32.2. The molecule has 1 aromatic heterocycles. The second kappa shape index (κ2) is 9.52. The van der Waals surface area contributed by atoms with E-state index in [2.05, 4.69) is 15.4 Å². The van der Waals surface area contributed by atoms with E-state index in [-0.39, 0.29) is 24.3 Å². The fourth-order valence-electron chi connectivity index (χ4n) is 2.50. The van der Waals surface area contributed by atoms with Crippen molar-refractivity contribution >= 4 is 38.9 Å². The molecule has 0 radical (unpaired) electrons. The summed E-state index contributed by atoms with van der Waals surface area (Å²) in [4.78, 5) is 24.6. The third-order valence-electron chi connectivity index (χ3n) is 3.71. The molecule has 1 aromatic carbocycles. The summed E-state index contributed by atoms with van der Waals surface area (Å²) in [6, 6.07) is 10.1. The molecule has 1 heterocycles. The van der Waals surface area contributed by atoms with Gasteiger partial charge in [-0.1, -0.05) is 24.3 Å². The highest BCUT2D eigenvalue weighted by Crippen LogP contribution is 2.23. The van der Waals surface area contributed by atoms with E-state index in [1.54, 1.807) is 37.3 Å². The van der Waals surface area contributed by atoms with Crippen molar-refractivity contribution in [3.8, 4) is 0 Å². The summed E-state index contributed by atoms with van der Waals surface area (Å²) in [5.41, 5.74) is 1.12. The van der Waals surface area contributed by atoms with Crippen LogP contribution in [0.4, 0.5) is 5.69 Å². The summed E-state index contributed by atoms with van der Waals surface area (Å²) in [5, 5.41) is 7.46. The highest BCUT2D eigenvalue weighted by Gasteiger charge is 2.15. The Morgan fingerprint density at radius 3 is 2.56 bits per heavy atom. The minimum absolute atomic E-state index is 0.139. The molecule has 0 spiro atoms. The summed E-state index contributed by atoms with van der Waals surface area (Å²) >= 11 is 1.37. The van der Waals surface area contributed by atoms with Gasteiger partial charge in [0.15, 0.2) is 0 Å². The zero-order valence-corrected chi connectivity index (χ0v) is 16.8. The first kappa shape index (κ1) is 20.9. The average molecular weight is 410 g/mol. The molecule has 2 rings (SSSR count). The van der Waals surface area contributed by atoms with Crippen molar-refractivity contribution in [3.63, 3.8) is 0 Å². The van der Waals surface area contributed by atoms with Crippen LogP contribution in [0.2, 0.25) is 0 Å². The molecular formula is C18H23N3O4S2. The maximum absolute atomic E-state index is 12.1. The first-order valence-corrected chi connectivity index (χ1v) is 11.2. The van der Waals surface area contributed by atoms with Crippen LogP contribution in [0.5, 0.6) is 0 Å². The van der Waals surface area contributed by atoms with Gasteiger partial charge in [-0.05, 0) is 36.4 Å². The van der Waals surface area contributed by atoms with Crippen molar-refractivity contribution in [3.05, 3.63) is 52.2 Å². The van der Waals surface area contributed by atoms with Crippen LogP contribution in [-0.2, 0) is 14.8 Å². The van der Waals surface area contributed by atoms with Crippen molar-refractivity contribution in [2.45, 2.75) is 25.8 Å². The number of hydrogen-bond acceptors (Lipinski definition) is 5. The molecule has 0 saturated carbocycles. The van der Waals surface area contributed by atoms with Crippen LogP contribution in [0.3, 0.4) is 0 Å². The van der Waals surface area contributed by atoms with Gasteiger partial charge in [-0.25, -0.2) is 8.42 Å². The lowest BCUT2D eigenvalue weighted by Gasteiger charge is -2.18. The van der Waals surface area contributed by atoms with Crippen molar-refractivity contribution in [2.75, 3.05) is 17.5 Å². The van der Waals surface area contributed by atoms with Gasteiger partial charge in [0.05, 0.1) is 22.9 Å². The van der Waals surface area contributed by atoms with E-state index in [9.17, 15) is 18.0 Å². The number of nitrogens with one attached hydrogen (secondary N) is 3. The number of para-hydroxylation sites is 1. The monoisotopic (exact) mass is 409 g/mol. The topological polar surface area (TPSA) is 104 Å². The molecule has 3 N–H and O–H groups in total. The van der Waals surface area contributed by atoms with E-state index in [0.717, 1.165) is 6.26 Å². The van der Waals surface area contributed by atoms with Crippen LogP contribution in [0.1, 0.15) is 41.0 Å². The van der Waals surface area contributed by atoms with E-state index >= 15 is 0 Å². The maximum Gasteiger partial charge on any atom is 0.261 e. The fraction of sp³-hybridized carbons (Fsp3) is 0.333. The molecule has 1 atom stereocenters. The first-order chi connectivity index (χ1) is 12.8. The minimum Gasteiger partial charge on any atom is -0.351 e. The van der Waals surface area contributed by atoms with Crippen molar-refractivity contribution in [1.82, 2.24) is 10.6 Å². The lowest BCUT2D eigenvalue weighted by atomic mass is 10.1. The summed E-state index contributed by atoms with van der Waals surface area (Å²) in [6.45, 7) is 2.20. The van der Waals surface area contributed by atoms with E-state index in [1.165, 1.54) is 11.3 Å². The lowest BCUT2D eigenvalue weighted by Crippen LogP contribution is -2.29. The maximum atomic E-state index is 12.1. The Bertz CT molecular complexity index is 880. The lowest BCUT2D eigenvalue weighted by molar-refractivity contribution is -0.121. The molecule has 0 aliphatic carbocycles. The van der Waals surface area contributed by atoms with Gasteiger partial charge in [-0.3, -0.25) is 14.3 Å². The predicted octanol–water partition coefficient (Wildman–Crippen LogP) is 2.51. The Labute approximate surface area is 163 Å². The van der Waals surface area contributed by atoms with E-state index in [0.29, 0.717) is 29.1 Å². The number of sulfonamides is 1. The summed E-state index contributed by atoms with van der Waals surface area (Å²) < 4.78 is 25.4. The normalized spacial score (nSPS) is 12.2. The molecule has 1 unspecified atom stereocenters. The number of carbonyl (C=O) groups excluding carboxylic acids is 2. The Morgan fingerprint density at radius 2 is 1.89 bits per heavy atom. The zero-order valence-electron chi connectivity index (χ0n) is 15.2. The van der Waals surface area contributed by atoms with Crippen LogP contribution >= 0.6 is 11.3 Å². The van der Waals surface area contributed by atoms with Gasteiger partial charge in [-0.2, -0.15) is 0 Å². The van der Waals surface area contributed by atoms with E-state index < -0.39 is 10.0 Å². The summed E-state index contributed by atoms with van der Waals surface area (Å²) in [5.74, 6) is -0.304.